The molecule has 1 N–H and O–H groups in total. The maximum Gasteiger partial charge on any atom is 0.306 e. The fourth-order valence-corrected chi connectivity index (χ4v) is 3.96. The van der Waals surface area contributed by atoms with E-state index in [0.717, 1.165) is 22.4 Å². The second kappa shape index (κ2) is 8.58. The van der Waals surface area contributed by atoms with E-state index in [1.807, 2.05) is 38.1 Å². The lowest BCUT2D eigenvalue weighted by molar-refractivity contribution is -0.137. The summed E-state index contributed by atoms with van der Waals surface area (Å²) in [6.07, 6.45) is 1.70. The minimum Gasteiger partial charge on any atom is -0.493 e. The van der Waals surface area contributed by atoms with Crippen LogP contribution in [0.3, 0.4) is 0 Å². The molecule has 0 aliphatic carbocycles. The van der Waals surface area contributed by atoms with Crippen LogP contribution in [0.2, 0.25) is 0 Å². The Bertz CT molecular complexity index is 984. The summed E-state index contributed by atoms with van der Waals surface area (Å²) in [5, 5.41) is 8.69. The Labute approximate surface area is 173 Å². The van der Waals surface area contributed by atoms with E-state index >= 15 is 0 Å². The second-order valence-corrected chi connectivity index (χ2v) is 8.03. The molecule has 1 aliphatic heterocycles. The van der Waals surface area contributed by atoms with Crippen molar-refractivity contribution in [2.24, 2.45) is 0 Å². The van der Waals surface area contributed by atoms with Crippen molar-refractivity contribution in [1.29, 1.82) is 0 Å². The molecule has 0 radical (unpaired) electrons. The molecule has 0 saturated carbocycles. The summed E-state index contributed by atoms with van der Waals surface area (Å²) in [4.78, 5) is 25.6. The van der Waals surface area contributed by atoms with Gasteiger partial charge in [-0.05, 0) is 60.9 Å². The molecule has 2 aromatic rings. The van der Waals surface area contributed by atoms with Crippen LogP contribution in [0.15, 0.2) is 47.4 Å². The highest BCUT2D eigenvalue weighted by molar-refractivity contribution is 8.27. The molecule has 0 spiro atoms. The van der Waals surface area contributed by atoms with Gasteiger partial charge < -0.3 is 9.84 Å². The van der Waals surface area contributed by atoms with Crippen molar-refractivity contribution in [3.63, 3.8) is 0 Å². The van der Waals surface area contributed by atoms with Gasteiger partial charge in [-0.3, -0.25) is 14.5 Å². The highest BCUT2D eigenvalue weighted by atomic mass is 32.2. The molecule has 1 amide bonds. The highest BCUT2D eigenvalue weighted by Crippen LogP contribution is 2.36. The fourth-order valence-electron chi connectivity index (χ4n) is 2.66. The average Bonchev–Trinajstić information content (AvgIpc) is 2.91. The molecule has 1 heterocycles. The number of nitrogens with zero attached hydrogens (tertiary/aromatic N) is 1. The lowest BCUT2D eigenvalue weighted by Crippen LogP contribution is -2.27. The number of benzene rings is 2. The van der Waals surface area contributed by atoms with Gasteiger partial charge in [0.1, 0.15) is 5.75 Å². The van der Waals surface area contributed by atoms with Crippen LogP contribution in [0.1, 0.15) is 23.1 Å². The summed E-state index contributed by atoms with van der Waals surface area (Å²) in [7, 11) is 0. The van der Waals surface area contributed by atoms with Gasteiger partial charge in [-0.2, -0.15) is 0 Å². The zero-order valence-corrected chi connectivity index (χ0v) is 17.1. The number of carboxylic acids is 1. The first-order chi connectivity index (χ1) is 13.3. The standard InChI is InChI=1S/C21H19NO4S2/c1-13-6-7-16(10-14(13)2)22-20(25)18(28-21(22)27)12-15-4-3-5-17(11-15)26-9-8-19(23)24/h3-7,10-12H,8-9H2,1-2H3,(H,23,24)/b18-12+. The van der Waals surface area contributed by atoms with E-state index < -0.39 is 5.97 Å². The molecule has 0 unspecified atom stereocenters. The van der Waals surface area contributed by atoms with E-state index in [1.165, 1.54) is 11.8 Å². The molecule has 1 fully saturated rings. The Morgan fingerprint density at radius 3 is 2.71 bits per heavy atom. The number of aryl methyl sites for hydroxylation is 2. The van der Waals surface area contributed by atoms with E-state index in [4.69, 9.17) is 22.1 Å². The predicted molar refractivity (Wildman–Crippen MR) is 116 cm³/mol. The number of carbonyl (C=O) groups excluding carboxylic acids is 1. The van der Waals surface area contributed by atoms with Gasteiger partial charge in [-0.15, -0.1) is 0 Å². The highest BCUT2D eigenvalue weighted by Gasteiger charge is 2.33. The quantitative estimate of drug-likeness (QED) is 0.553. The van der Waals surface area contributed by atoms with Gasteiger partial charge >= 0.3 is 5.97 Å². The maximum absolute atomic E-state index is 12.9. The van der Waals surface area contributed by atoms with E-state index in [0.29, 0.717) is 15.0 Å². The number of ether oxygens (including phenoxy) is 1. The van der Waals surface area contributed by atoms with Crippen molar-refractivity contribution in [3.8, 4) is 5.75 Å². The molecule has 1 aliphatic rings. The molecule has 0 aromatic heterocycles. The van der Waals surface area contributed by atoms with Crippen molar-refractivity contribution in [3.05, 3.63) is 64.1 Å². The summed E-state index contributed by atoms with van der Waals surface area (Å²) in [5.74, 6) is -0.513. The van der Waals surface area contributed by atoms with Gasteiger partial charge in [-0.25, -0.2) is 0 Å². The van der Waals surface area contributed by atoms with Gasteiger partial charge in [0.25, 0.3) is 5.91 Å². The summed E-state index contributed by atoms with van der Waals surface area (Å²) >= 11 is 6.68. The third-order valence-corrected chi connectivity index (χ3v) is 5.59. The first kappa shape index (κ1) is 20.1. The van der Waals surface area contributed by atoms with E-state index in [9.17, 15) is 9.59 Å². The smallest absolute Gasteiger partial charge is 0.306 e. The molecule has 0 bridgehead atoms. The van der Waals surface area contributed by atoms with E-state index in [2.05, 4.69) is 0 Å². The second-order valence-electron chi connectivity index (χ2n) is 6.35. The largest absolute Gasteiger partial charge is 0.493 e. The third-order valence-electron chi connectivity index (χ3n) is 4.28. The number of hydrogen-bond donors (Lipinski definition) is 1. The molecule has 5 nitrogen and oxygen atoms in total. The zero-order valence-electron chi connectivity index (χ0n) is 15.5. The van der Waals surface area contributed by atoms with Crippen molar-refractivity contribution >= 4 is 51.9 Å². The van der Waals surface area contributed by atoms with Crippen LogP contribution in [-0.4, -0.2) is 27.9 Å². The Kier molecular flexibility index (Phi) is 6.16. The number of carbonyl (C=O) groups is 2. The summed E-state index contributed by atoms with van der Waals surface area (Å²) in [5.41, 5.74) is 3.80. The van der Waals surface area contributed by atoms with Gasteiger partial charge in [0.05, 0.1) is 23.6 Å². The average molecular weight is 414 g/mol. The number of rotatable bonds is 6. The lowest BCUT2D eigenvalue weighted by atomic mass is 10.1. The Morgan fingerprint density at radius 2 is 2.00 bits per heavy atom. The Hall–Kier alpha value is -2.64. The van der Waals surface area contributed by atoms with Crippen molar-refractivity contribution in [2.45, 2.75) is 20.3 Å². The van der Waals surface area contributed by atoms with Gasteiger partial charge in [0, 0.05) is 0 Å². The molecule has 28 heavy (non-hydrogen) atoms. The first-order valence-corrected chi connectivity index (χ1v) is 9.87. The van der Waals surface area contributed by atoms with Gasteiger partial charge in [0.2, 0.25) is 0 Å². The third kappa shape index (κ3) is 4.61. The van der Waals surface area contributed by atoms with Crippen molar-refractivity contribution in [2.75, 3.05) is 11.5 Å². The van der Waals surface area contributed by atoms with Crippen LogP contribution in [0.25, 0.3) is 6.08 Å². The normalized spacial score (nSPS) is 15.4. The van der Waals surface area contributed by atoms with E-state index in [-0.39, 0.29) is 18.9 Å². The topological polar surface area (TPSA) is 66.8 Å². The van der Waals surface area contributed by atoms with Gasteiger partial charge in [0.15, 0.2) is 4.32 Å². The molecule has 144 valence electrons. The van der Waals surface area contributed by atoms with Crippen molar-refractivity contribution in [1.82, 2.24) is 0 Å². The van der Waals surface area contributed by atoms with Crippen LogP contribution in [0.5, 0.6) is 5.75 Å². The number of amides is 1. The fraction of sp³-hybridized carbons (Fsp3) is 0.190. The molecular weight excluding hydrogens is 394 g/mol. The van der Waals surface area contributed by atoms with Crippen LogP contribution >= 0.6 is 24.0 Å². The van der Waals surface area contributed by atoms with Crippen LogP contribution < -0.4 is 9.64 Å². The van der Waals surface area contributed by atoms with Crippen LogP contribution in [-0.2, 0) is 9.59 Å². The minimum absolute atomic E-state index is 0.0706. The molecule has 0 atom stereocenters. The number of carboxylic acid groups (broad SMARTS) is 1. The molecule has 3 rings (SSSR count). The number of anilines is 1. The predicted octanol–water partition coefficient (Wildman–Crippen LogP) is 4.56. The first-order valence-electron chi connectivity index (χ1n) is 8.65. The number of aliphatic carboxylic acids is 1. The van der Waals surface area contributed by atoms with Crippen LogP contribution in [0, 0.1) is 13.8 Å². The van der Waals surface area contributed by atoms with Crippen LogP contribution in [0.4, 0.5) is 5.69 Å². The number of thioether (sulfide) groups is 1. The number of hydrogen-bond acceptors (Lipinski definition) is 5. The molecular formula is C21H19NO4S2. The minimum atomic E-state index is -0.911. The zero-order chi connectivity index (χ0) is 20.3. The van der Waals surface area contributed by atoms with Gasteiger partial charge in [-0.1, -0.05) is 42.2 Å². The monoisotopic (exact) mass is 413 g/mol. The lowest BCUT2D eigenvalue weighted by Gasteiger charge is -2.15. The van der Waals surface area contributed by atoms with Crippen molar-refractivity contribution < 1.29 is 19.4 Å². The maximum atomic E-state index is 12.9. The van der Waals surface area contributed by atoms with E-state index in [1.54, 1.807) is 29.2 Å². The Balaban J connectivity index is 1.80. The number of thiocarbonyl (C=S) groups is 1. The molecule has 2 aromatic carbocycles. The summed E-state index contributed by atoms with van der Waals surface area (Å²) < 4.78 is 5.94. The summed E-state index contributed by atoms with van der Waals surface area (Å²) in [6, 6.07) is 13.0. The molecule has 1 saturated heterocycles. The SMILES string of the molecule is Cc1ccc(N2C(=O)/C(=C\c3cccc(OCCC(=O)O)c3)SC2=S)cc1C. The summed E-state index contributed by atoms with van der Waals surface area (Å²) in [6.45, 7) is 4.12. The molecule has 7 heteroatoms. The Morgan fingerprint density at radius 1 is 1.21 bits per heavy atom.